The smallest absolute Gasteiger partial charge is 0.318 e. The molecule has 22 heavy (non-hydrogen) atoms. The second-order valence-electron chi connectivity index (χ2n) is 6.73. The van der Waals surface area contributed by atoms with Gasteiger partial charge in [0.05, 0.1) is 6.61 Å². The van der Waals surface area contributed by atoms with Crippen molar-refractivity contribution in [3.8, 4) is 0 Å². The van der Waals surface area contributed by atoms with Crippen LogP contribution in [0.1, 0.15) is 20.8 Å². The van der Waals surface area contributed by atoms with Crippen molar-refractivity contribution in [1.29, 1.82) is 0 Å². The van der Waals surface area contributed by atoms with Crippen LogP contribution in [0.25, 0.3) is 10.4 Å². The first-order chi connectivity index (χ1) is 10.1. The lowest BCUT2D eigenvalue weighted by Gasteiger charge is -2.37. The number of cyclic esters (lactones) is 1. The molecule has 0 bridgehead atoms. The summed E-state index contributed by atoms with van der Waals surface area (Å²) in [5, 5.41) is 3.51. The van der Waals surface area contributed by atoms with Crippen molar-refractivity contribution in [2.45, 2.75) is 57.2 Å². The molecule has 1 heterocycles. The summed E-state index contributed by atoms with van der Waals surface area (Å²) in [5.41, 5.74) is 8.58. The van der Waals surface area contributed by atoms with Crippen LogP contribution < -0.4 is 0 Å². The minimum atomic E-state index is -1.98. The highest BCUT2D eigenvalue weighted by Crippen LogP contribution is 2.37. The second-order valence-corrected chi connectivity index (χ2v) is 11.5. The topological polar surface area (TPSA) is 103 Å². The standard InChI is InChI=1S/C13H25N3O5Si/c1-13(2,3)22(5,6)20-7-9-11(19-8-18-4)10(15-16-14)12(17)21-9/h9-11H,7-8H2,1-6H3/t9-,10?,11-/m1/s1. The average molecular weight is 331 g/mol. The number of methoxy groups -OCH3 is 1. The Morgan fingerprint density at radius 2 is 2.05 bits per heavy atom. The van der Waals surface area contributed by atoms with Crippen LogP contribution >= 0.6 is 0 Å². The van der Waals surface area contributed by atoms with Crippen LogP contribution in [-0.4, -0.2) is 53.0 Å². The van der Waals surface area contributed by atoms with E-state index in [9.17, 15) is 4.79 Å². The van der Waals surface area contributed by atoms with Crippen molar-refractivity contribution in [3.05, 3.63) is 10.4 Å². The molecule has 8 nitrogen and oxygen atoms in total. The van der Waals surface area contributed by atoms with Crippen LogP contribution in [0.15, 0.2) is 5.11 Å². The molecule has 1 aliphatic rings. The third-order valence-electron chi connectivity index (χ3n) is 4.16. The zero-order chi connectivity index (χ0) is 17.0. The highest BCUT2D eigenvalue weighted by Gasteiger charge is 2.47. The van der Waals surface area contributed by atoms with E-state index in [4.69, 9.17) is 24.2 Å². The van der Waals surface area contributed by atoms with Crippen LogP contribution in [-0.2, 0) is 23.4 Å². The predicted octanol–water partition coefficient (Wildman–Crippen LogP) is 2.60. The first-order valence-electron chi connectivity index (χ1n) is 7.13. The number of carbonyl (C=O) groups is 1. The third kappa shape index (κ3) is 4.44. The largest absolute Gasteiger partial charge is 0.457 e. The molecular weight excluding hydrogens is 306 g/mol. The lowest BCUT2D eigenvalue weighted by Crippen LogP contribution is -2.45. The van der Waals surface area contributed by atoms with E-state index >= 15 is 0 Å². The summed E-state index contributed by atoms with van der Waals surface area (Å²) in [7, 11) is -0.504. The Bertz CT molecular complexity index is 445. The molecular formula is C13H25N3O5Si. The van der Waals surface area contributed by atoms with Gasteiger partial charge >= 0.3 is 5.97 Å². The molecule has 0 aromatic rings. The van der Waals surface area contributed by atoms with E-state index in [2.05, 4.69) is 43.9 Å². The molecule has 0 spiro atoms. The van der Waals surface area contributed by atoms with Crippen molar-refractivity contribution in [2.24, 2.45) is 5.11 Å². The molecule has 0 radical (unpaired) electrons. The number of hydrogen-bond acceptors (Lipinski definition) is 6. The zero-order valence-corrected chi connectivity index (χ0v) is 15.0. The quantitative estimate of drug-likeness (QED) is 0.178. The molecule has 126 valence electrons. The van der Waals surface area contributed by atoms with Gasteiger partial charge in [-0.2, -0.15) is 0 Å². The molecule has 0 saturated carbocycles. The fraction of sp³-hybridized carbons (Fsp3) is 0.923. The number of carbonyl (C=O) groups excluding carboxylic acids is 1. The summed E-state index contributed by atoms with van der Waals surface area (Å²) < 4.78 is 21.6. The molecule has 0 aliphatic carbocycles. The van der Waals surface area contributed by atoms with Crippen LogP contribution in [0, 0.1) is 0 Å². The molecule has 1 saturated heterocycles. The summed E-state index contributed by atoms with van der Waals surface area (Å²) in [6.07, 6.45) is -1.31. The Labute approximate surface area is 131 Å². The summed E-state index contributed by atoms with van der Waals surface area (Å²) in [6, 6.07) is -1.01. The number of nitrogens with zero attached hydrogens (tertiary/aromatic N) is 3. The average Bonchev–Trinajstić information content (AvgIpc) is 2.70. The Morgan fingerprint density at radius 3 is 2.55 bits per heavy atom. The monoisotopic (exact) mass is 331 g/mol. The lowest BCUT2D eigenvalue weighted by atomic mass is 10.1. The number of esters is 1. The van der Waals surface area contributed by atoms with Crippen LogP contribution in [0.4, 0.5) is 0 Å². The van der Waals surface area contributed by atoms with E-state index in [0.717, 1.165) is 0 Å². The normalized spacial score (nSPS) is 25.7. The van der Waals surface area contributed by atoms with Gasteiger partial charge in [0.2, 0.25) is 0 Å². The van der Waals surface area contributed by atoms with E-state index in [1.54, 1.807) is 0 Å². The molecule has 1 rings (SSSR count). The van der Waals surface area contributed by atoms with Crippen molar-refractivity contribution in [2.75, 3.05) is 20.5 Å². The molecule has 0 aromatic carbocycles. The van der Waals surface area contributed by atoms with E-state index in [1.807, 2.05) is 0 Å². The van der Waals surface area contributed by atoms with Gasteiger partial charge in [-0.1, -0.05) is 25.9 Å². The van der Waals surface area contributed by atoms with Gasteiger partial charge in [-0.3, -0.25) is 4.79 Å². The van der Waals surface area contributed by atoms with Crippen molar-refractivity contribution in [1.82, 2.24) is 0 Å². The minimum Gasteiger partial charge on any atom is -0.457 e. The summed E-state index contributed by atoms with van der Waals surface area (Å²) >= 11 is 0. The number of ether oxygens (including phenoxy) is 3. The Morgan fingerprint density at radius 1 is 1.41 bits per heavy atom. The maximum absolute atomic E-state index is 11.8. The van der Waals surface area contributed by atoms with Gasteiger partial charge in [0.25, 0.3) is 0 Å². The van der Waals surface area contributed by atoms with Gasteiger partial charge in [-0.05, 0) is 23.7 Å². The van der Waals surface area contributed by atoms with Gasteiger partial charge in [0, 0.05) is 12.0 Å². The van der Waals surface area contributed by atoms with E-state index in [1.165, 1.54) is 7.11 Å². The van der Waals surface area contributed by atoms with Crippen molar-refractivity contribution in [3.63, 3.8) is 0 Å². The maximum atomic E-state index is 11.8. The maximum Gasteiger partial charge on any atom is 0.318 e. The molecule has 1 unspecified atom stereocenters. The van der Waals surface area contributed by atoms with Gasteiger partial charge in [-0.25, -0.2) is 0 Å². The predicted molar refractivity (Wildman–Crippen MR) is 82.7 cm³/mol. The van der Waals surface area contributed by atoms with Crippen LogP contribution in [0.2, 0.25) is 18.1 Å². The summed E-state index contributed by atoms with van der Waals surface area (Å²) in [6.45, 7) is 10.8. The Kier molecular flexibility index (Phi) is 6.39. The van der Waals surface area contributed by atoms with Gasteiger partial charge < -0.3 is 18.6 Å². The van der Waals surface area contributed by atoms with Crippen LogP contribution in [0.3, 0.4) is 0 Å². The van der Waals surface area contributed by atoms with E-state index in [-0.39, 0.29) is 18.4 Å². The third-order valence-corrected chi connectivity index (χ3v) is 8.66. The van der Waals surface area contributed by atoms with Gasteiger partial charge in [0.15, 0.2) is 20.5 Å². The van der Waals surface area contributed by atoms with Crippen molar-refractivity contribution < 1.29 is 23.4 Å². The SMILES string of the molecule is COCO[C@H]1C(N=[N+]=[N-])C(=O)O[C@@H]1CO[Si](C)(C)C(C)(C)C. The Hall–Kier alpha value is -1.12. The molecule has 1 fully saturated rings. The Balaban J connectivity index is 2.79. The fourth-order valence-electron chi connectivity index (χ4n) is 1.77. The minimum absolute atomic E-state index is 0.0185. The van der Waals surface area contributed by atoms with E-state index in [0.29, 0.717) is 0 Å². The lowest BCUT2D eigenvalue weighted by molar-refractivity contribution is -0.144. The fourth-order valence-corrected chi connectivity index (χ4v) is 2.79. The van der Waals surface area contributed by atoms with Crippen molar-refractivity contribution >= 4 is 14.3 Å². The number of rotatable bonds is 7. The molecule has 3 atom stereocenters. The second kappa shape index (κ2) is 7.43. The van der Waals surface area contributed by atoms with Gasteiger partial charge in [0.1, 0.15) is 12.9 Å². The summed E-state index contributed by atoms with van der Waals surface area (Å²) in [4.78, 5) is 14.5. The molecule has 1 aliphatic heterocycles. The molecule has 9 heteroatoms. The highest BCUT2D eigenvalue weighted by atomic mass is 28.4. The molecule has 0 aromatic heterocycles. The van der Waals surface area contributed by atoms with Crippen LogP contribution in [0.5, 0.6) is 0 Å². The number of hydrogen-bond donors (Lipinski definition) is 0. The molecule has 0 N–H and O–H groups in total. The first kappa shape index (κ1) is 18.9. The summed E-state index contributed by atoms with van der Waals surface area (Å²) in [5.74, 6) is -0.595. The zero-order valence-electron chi connectivity index (χ0n) is 14.0. The van der Waals surface area contributed by atoms with Gasteiger partial charge in [-0.15, -0.1) is 0 Å². The number of azide groups is 1. The molecule has 0 amide bonds. The first-order valence-corrected chi connectivity index (χ1v) is 10.0. The van der Waals surface area contributed by atoms with E-state index < -0.39 is 32.5 Å². The highest BCUT2D eigenvalue weighted by molar-refractivity contribution is 6.74.